The second kappa shape index (κ2) is 7.57. The van der Waals surface area contributed by atoms with Crippen LogP contribution in [-0.4, -0.2) is 0 Å². The highest BCUT2D eigenvalue weighted by molar-refractivity contribution is 6.21. The summed E-state index contributed by atoms with van der Waals surface area (Å²) in [6.07, 6.45) is 0. The average Bonchev–Trinajstić information content (AvgIpc) is 2.78. The number of anilines is 4. The van der Waals surface area contributed by atoms with E-state index >= 15 is 0 Å². The first-order valence-electron chi connectivity index (χ1n) is 10.3. The van der Waals surface area contributed by atoms with Crippen LogP contribution in [0.2, 0.25) is 0 Å². The molecule has 2 heteroatoms. The molecule has 5 aromatic rings. The maximum absolute atomic E-state index is 3.73. The molecule has 0 atom stereocenters. The van der Waals surface area contributed by atoms with Gasteiger partial charge in [-0.1, -0.05) is 84.9 Å². The number of rotatable bonds is 4. The molecule has 0 amide bonds. The number of hydrogen-bond acceptors (Lipinski definition) is 2. The van der Waals surface area contributed by atoms with Gasteiger partial charge in [0.05, 0.1) is 11.4 Å². The Balaban J connectivity index is 1.78. The van der Waals surface area contributed by atoms with E-state index in [1.165, 1.54) is 32.7 Å². The van der Waals surface area contributed by atoms with Crippen molar-refractivity contribution in [2.45, 2.75) is 13.8 Å². The average molecular weight is 389 g/mol. The van der Waals surface area contributed by atoms with Gasteiger partial charge >= 0.3 is 0 Å². The number of benzene rings is 5. The van der Waals surface area contributed by atoms with Crippen molar-refractivity contribution in [1.29, 1.82) is 0 Å². The van der Waals surface area contributed by atoms with Crippen molar-refractivity contribution in [3.8, 4) is 0 Å². The third-order valence-electron chi connectivity index (χ3n) is 5.74. The molecule has 0 aliphatic carbocycles. The van der Waals surface area contributed by atoms with Gasteiger partial charge in [-0.3, -0.25) is 0 Å². The maximum Gasteiger partial charge on any atom is 0.0545 e. The van der Waals surface area contributed by atoms with Gasteiger partial charge in [0.25, 0.3) is 0 Å². The molecule has 0 saturated heterocycles. The molecule has 0 aliphatic heterocycles. The molecule has 0 saturated carbocycles. The van der Waals surface area contributed by atoms with E-state index in [4.69, 9.17) is 0 Å². The number of hydrogen-bond donors (Lipinski definition) is 2. The highest BCUT2D eigenvalue weighted by atomic mass is 14.9. The molecule has 0 aromatic heterocycles. The Hall–Kier alpha value is -3.78. The second-order valence-corrected chi connectivity index (χ2v) is 7.72. The summed E-state index contributed by atoms with van der Waals surface area (Å²) in [5.74, 6) is 0. The van der Waals surface area contributed by atoms with Gasteiger partial charge < -0.3 is 10.6 Å². The predicted octanol–water partition coefficient (Wildman–Crippen LogP) is 8.10. The van der Waals surface area contributed by atoms with Crippen LogP contribution in [0.5, 0.6) is 0 Å². The van der Waals surface area contributed by atoms with Gasteiger partial charge in [-0.25, -0.2) is 0 Å². The summed E-state index contributed by atoms with van der Waals surface area (Å²) < 4.78 is 0. The van der Waals surface area contributed by atoms with E-state index in [1.807, 2.05) is 0 Å². The smallest absolute Gasteiger partial charge is 0.0545 e. The topological polar surface area (TPSA) is 24.1 Å². The molecule has 0 fully saturated rings. The molecule has 0 unspecified atom stereocenters. The van der Waals surface area contributed by atoms with Crippen molar-refractivity contribution in [2.24, 2.45) is 0 Å². The Morgan fingerprint density at radius 1 is 0.400 bits per heavy atom. The van der Waals surface area contributed by atoms with E-state index in [2.05, 4.69) is 122 Å². The van der Waals surface area contributed by atoms with E-state index in [0.717, 1.165) is 22.7 Å². The van der Waals surface area contributed by atoms with Crippen molar-refractivity contribution in [3.63, 3.8) is 0 Å². The summed E-state index contributed by atoms with van der Waals surface area (Å²) in [5, 5.41) is 12.3. The minimum absolute atomic E-state index is 1.13. The summed E-state index contributed by atoms with van der Waals surface area (Å²) in [5.41, 5.74) is 7.01. The molecule has 0 heterocycles. The SMILES string of the molecule is Cc1ccccc1Nc1c2ccccc2c(Nc2ccccc2C)c2ccccc12. The minimum atomic E-state index is 1.13. The van der Waals surface area contributed by atoms with Crippen LogP contribution in [0.1, 0.15) is 11.1 Å². The molecule has 0 bridgehead atoms. The summed E-state index contributed by atoms with van der Waals surface area (Å²) in [6, 6.07) is 34.1. The fourth-order valence-electron chi connectivity index (χ4n) is 4.09. The summed E-state index contributed by atoms with van der Waals surface area (Å²) in [7, 11) is 0. The number of nitrogens with one attached hydrogen (secondary N) is 2. The zero-order valence-electron chi connectivity index (χ0n) is 17.2. The Bertz CT molecular complexity index is 1210. The molecule has 146 valence electrons. The molecule has 0 radical (unpaired) electrons. The van der Waals surface area contributed by atoms with E-state index < -0.39 is 0 Å². The molecule has 5 rings (SSSR count). The lowest BCUT2D eigenvalue weighted by Crippen LogP contribution is -2.00. The van der Waals surface area contributed by atoms with E-state index in [-0.39, 0.29) is 0 Å². The van der Waals surface area contributed by atoms with Crippen molar-refractivity contribution in [2.75, 3.05) is 10.6 Å². The van der Waals surface area contributed by atoms with Gasteiger partial charge in [-0.2, -0.15) is 0 Å². The van der Waals surface area contributed by atoms with E-state index in [1.54, 1.807) is 0 Å². The summed E-state index contributed by atoms with van der Waals surface area (Å²) in [4.78, 5) is 0. The Labute approximate surface area is 177 Å². The van der Waals surface area contributed by atoms with Crippen LogP contribution in [0.3, 0.4) is 0 Å². The quantitative estimate of drug-likeness (QED) is 0.240. The lowest BCUT2D eigenvalue weighted by atomic mass is 9.97. The van der Waals surface area contributed by atoms with Gasteiger partial charge in [-0.05, 0) is 37.1 Å². The van der Waals surface area contributed by atoms with Gasteiger partial charge in [-0.15, -0.1) is 0 Å². The van der Waals surface area contributed by atoms with E-state index in [9.17, 15) is 0 Å². The van der Waals surface area contributed by atoms with Crippen molar-refractivity contribution in [1.82, 2.24) is 0 Å². The largest absolute Gasteiger partial charge is 0.354 e. The van der Waals surface area contributed by atoms with Gasteiger partial charge in [0.2, 0.25) is 0 Å². The lowest BCUT2D eigenvalue weighted by Gasteiger charge is -2.20. The van der Waals surface area contributed by atoms with Crippen LogP contribution < -0.4 is 10.6 Å². The standard InChI is InChI=1S/C28H24N2/c1-19-11-3-9-17-25(19)29-27-21-13-5-7-15-23(21)28(24-16-8-6-14-22(24)27)30-26-18-10-4-12-20(26)2/h3-18,29-30H,1-2H3. The monoisotopic (exact) mass is 388 g/mol. The molecule has 0 aliphatic rings. The Kier molecular flexibility index (Phi) is 4.61. The van der Waals surface area contributed by atoms with Crippen LogP contribution in [0.15, 0.2) is 97.1 Å². The third-order valence-corrected chi connectivity index (χ3v) is 5.74. The van der Waals surface area contributed by atoms with Crippen LogP contribution in [0, 0.1) is 13.8 Å². The van der Waals surface area contributed by atoms with Crippen LogP contribution >= 0.6 is 0 Å². The van der Waals surface area contributed by atoms with Gasteiger partial charge in [0.1, 0.15) is 0 Å². The number of fused-ring (bicyclic) bond motifs is 2. The molecule has 5 aromatic carbocycles. The first-order valence-corrected chi connectivity index (χ1v) is 10.3. The maximum atomic E-state index is 3.73. The zero-order chi connectivity index (χ0) is 20.5. The molecule has 0 spiro atoms. The van der Waals surface area contributed by atoms with Crippen molar-refractivity contribution < 1.29 is 0 Å². The highest BCUT2D eigenvalue weighted by Gasteiger charge is 2.15. The normalized spacial score (nSPS) is 11.0. The second-order valence-electron chi connectivity index (χ2n) is 7.72. The van der Waals surface area contributed by atoms with E-state index in [0.29, 0.717) is 0 Å². The highest BCUT2D eigenvalue weighted by Crippen LogP contribution is 2.42. The fourth-order valence-corrected chi connectivity index (χ4v) is 4.09. The predicted molar refractivity (Wildman–Crippen MR) is 130 cm³/mol. The molecule has 2 N–H and O–H groups in total. The molecular formula is C28H24N2. The number of para-hydroxylation sites is 2. The third kappa shape index (κ3) is 3.17. The van der Waals surface area contributed by atoms with Crippen LogP contribution in [-0.2, 0) is 0 Å². The summed E-state index contributed by atoms with van der Waals surface area (Å²) in [6.45, 7) is 4.28. The lowest BCUT2D eigenvalue weighted by molar-refractivity contribution is 1.44. The molecule has 2 nitrogen and oxygen atoms in total. The zero-order valence-corrected chi connectivity index (χ0v) is 17.2. The fraction of sp³-hybridized carbons (Fsp3) is 0.0714. The van der Waals surface area contributed by atoms with Gasteiger partial charge in [0, 0.05) is 32.9 Å². The Morgan fingerprint density at radius 3 is 1.03 bits per heavy atom. The minimum Gasteiger partial charge on any atom is -0.354 e. The first-order chi connectivity index (χ1) is 14.7. The summed E-state index contributed by atoms with van der Waals surface area (Å²) >= 11 is 0. The van der Waals surface area contributed by atoms with Gasteiger partial charge in [0.15, 0.2) is 0 Å². The molecule has 30 heavy (non-hydrogen) atoms. The van der Waals surface area contributed by atoms with Crippen molar-refractivity contribution >= 4 is 44.3 Å². The van der Waals surface area contributed by atoms with Crippen LogP contribution in [0.25, 0.3) is 21.5 Å². The van der Waals surface area contributed by atoms with Crippen LogP contribution in [0.4, 0.5) is 22.7 Å². The Morgan fingerprint density at radius 2 is 0.700 bits per heavy atom. The first kappa shape index (κ1) is 18.3. The molecular weight excluding hydrogens is 364 g/mol. The number of aryl methyl sites for hydroxylation is 2. The van der Waals surface area contributed by atoms with Crippen molar-refractivity contribution in [3.05, 3.63) is 108 Å².